The zero-order valence-electron chi connectivity index (χ0n) is 26.1. The van der Waals surface area contributed by atoms with Crippen molar-refractivity contribution in [3.05, 3.63) is 68.7 Å². The highest BCUT2D eigenvalue weighted by molar-refractivity contribution is 7.22. The molecule has 2 N–H and O–H groups in total. The molecule has 4 aromatic rings. The molecule has 11 nitrogen and oxygen atoms in total. The number of aryl methyl sites for hydroxylation is 1. The Morgan fingerprint density at radius 2 is 1.91 bits per heavy atom. The van der Waals surface area contributed by atoms with Gasteiger partial charge in [0.2, 0.25) is 5.89 Å². The molecule has 0 amide bonds. The average Bonchev–Trinajstić information content (AvgIpc) is 3.78. The number of para-hydroxylation sites is 1. The smallest absolute Gasteiger partial charge is 0.333 e. The topological polar surface area (TPSA) is 146 Å². The molecule has 240 valence electrons. The van der Waals surface area contributed by atoms with Crippen LogP contribution in [-0.2, 0) is 21.6 Å². The monoisotopic (exact) mass is 637 g/mol. The molecule has 45 heavy (non-hydrogen) atoms. The number of oxazole rings is 1. The van der Waals surface area contributed by atoms with Crippen LogP contribution < -0.4 is 16.0 Å². The fourth-order valence-corrected chi connectivity index (χ4v) is 8.54. The summed E-state index contributed by atoms with van der Waals surface area (Å²) in [6, 6.07) is 7.46. The number of thiophene rings is 1. The van der Waals surface area contributed by atoms with Crippen LogP contribution in [0.4, 0.5) is 0 Å². The third-order valence-corrected chi connectivity index (χ3v) is 11.2. The molecular formula is C33H39N3O8S. The van der Waals surface area contributed by atoms with E-state index in [1.54, 1.807) is 14.0 Å². The number of hydrogen-bond donors (Lipinski definition) is 2. The maximum atomic E-state index is 14.3. The first-order valence-corrected chi connectivity index (χ1v) is 16.1. The standard InChI is InChI=1S/C33H39N3O8S/c1-6-33(41)15-19-13-21(14-20(19)16-33)44-24(22-9-7-8-10-23(22)42-5)17-35-29-25(18(2)26(45-29)27-34-11-12-43-27)28(37)36(31(35)40)32(3,4)30(38)39/h7-12,19-21,24,41H,6,13-17H2,1-5H3,(H,38,39). The van der Waals surface area contributed by atoms with Crippen molar-refractivity contribution in [2.45, 2.75) is 89.7 Å². The molecule has 2 fully saturated rings. The number of nitrogens with zero attached hydrogens (tertiary/aromatic N) is 3. The van der Waals surface area contributed by atoms with Crippen molar-refractivity contribution in [2.75, 3.05) is 7.11 Å². The summed E-state index contributed by atoms with van der Waals surface area (Å²) >= 11 is 1.20. The molecule has 6 rings (SSSR count). The number of fused-ring (bicyclic) bond motifs is 2. The molecule has 0 aliphatic heterocycles. The highest BCUT2D eigenvalue weighted by Crippen LogP contribution is 2.51. The van der Waals surface area contributed by atoms with Crippen LogP contribution in [0.15, 0.2) is 50.7 Å². The molecule has 2 saturated carbocycles. The summed E-state index contributed by atoms with van der Waals surface area (Å²) in [6.45, 7) is 6.45. The van der Waals surface area contributed by atoms with Crippen LogP contribution in [0.25, 0.3) is 21.0 Å². The van der Waals surface area contributed by atoms with E-state index < -0.39 is 34.5 Å². The molecule has 0 spiro atoms. The van der Waals surface area contributed by atoms with Crippen LogP contribution >= 0.6 is 11.3 Å². The average molecular weight is 638 g/mol. The fraction of sp³-hybridized carbons (Fsp3) is 0.515. The second-order valence-electron chi connectivity index (χ2n) is 12.9. The second kappa shape index (κ2) is 11.6. The summed E-state index contributed by atoms with van der Waals surface area (Å²) in [5.74, 6) is 0.296. The SMILES string of the molecule is CCC1(O)CC2CC(OC(Cn3c(=O)n(C(C)(C)C(=O)O)c(=O)c4c(C)c(-c5ncco5)sc43)c3ccccc3OC)CC2C1. The van der Waals surface area contributed by atoms with E-state index in [0.29, 0.717) is 38.7 Å². The third kappa shape index (κ3) is 5.32. The Morgan fingerprint density at radius 1 is 1.22 bits per heavy atom. The Morgan fingerprint density at radius 3 is 2.51 bits per heavy atom. The van der Waals surface area contributed by atoms with E-state index in [2.05, 4.69) is 4.98 Å². The van der Waals surface area contributed by atoms with Gasteiger partial charge in [-0.05, 0) is 76.3 Å². The van der Waals surface area contributed by atoms with Gasteiger partial charge in [-0.25, -0.2) is 19.1 Å². The van der Waals surface area contributed by atoms with Crippen LogP contribution in [0.1, 0.15) is 70.1 Å². The molecule has 0 saturated heterocycles. The van der Waals surface area contributed by atoms with Gasteiger partial charge >= 0.3 is 11.7 Å². The van der Waals surface area contributed by atoms with Crippen LogP contribution in [0.5, 0.6) is 5.75 Å². The molecule has 3 heterocycles. The van der Waals surface area contributed by atoms with Crippen LogP contribution in [0.2, 0.25) is 0 Å². The number of ether oxygens (including phenoxy) is 2. The van der Waals surface area contributed by atoms with Gasteiger partial charge in [-0.1, -0.05) is 25.1 Å². The zero-order chi connectivity index (χ0) is 32.3. The lowest BCUT2D eigenvalue weighted by molar-refractivity contribution is -0.146. The van der Waals surface area contributed by atoms with Crippen molar-refractivity contribution in [1.82, 2.24) is 14.1 Å². The Hall–Kier alpha value is -3.74. The van der Waals surface area contributed by atoms with Gasteiger partial charge in [0.15, 0.2) is 0 Å². The van der Waals surface area contributed by atoms with Gasteiger partial charge < -0.3 is 24.1 Å². The van der Waals surface area contributed by atoms with Crippen molar-refractivity contribution < 1.29 is 28.9 Å². The molecule has 3 unspecified atom stereocenters. The largest absolute Gasteiger partial charge is 0.496 e. The van der Waals surface area contributed by atoms with Crippen LogP contribution in [0.3, 0.4) is 0 Å². The number of hydrogen-bond acceptors (Lipinski definition) is 9. The van der Waals surface area contributed by atoms with Gasteiger partial charge in [-0.15, -0.1) is 11.3 Å². The van der Waals surface area contributed by atoms with Crippen LogP contribution in [0, 0.1) is 18.8 Å². The maximum absolute atomic E-state index is 14.3. The number of aliphatic carboxylic acids is 1. The van der Waals surface area contributed by atoms with Crippen molar-refractivity contribution in [1.29, 1.82) is 0 Å². The molecular weight excluding hydrogens is 598 g/mol. The minimum atomic E-state index is -1.83. The molecule has 12 heteroatoms. The van der Waals surface area contributed by atoms with Crippen molar-refractivity contribution >= 4 is 27.5 Å². The normalized spacial score (nSPS) is 23.8. The van der Waals surface area contributed by atoms with E-state index in [1.165, 1.54) is 42.2 Å². The van der Waals surface area contributed by atoms with Gasteiger partial charge in [0.25, 0.3) is 5.56 Å². The summed E-state index contributed by atoms with van der Waals surface area (Å²) in [4.78, 5) is 45.9. The summed E-state index contributed by atoms with van der Waals surface area (Å²) in [5.41, 5.74) is -2.61. The van der Waals surface area contributed by atoms with Crippen molar-refractivity contribution in [3.63, 3.8) is 0 Å². The minimum absolute atomic E-state index is 0.00138. The van der Waals surface area contributed by atoms with E-state index in [4.69, 9.17) is 13.9 Å². The zero-order valence-corrected chi connectivity index (χ0v) is 26.9. The molecule has 3 aromatic heterocycles. The lowest BCUT2D eigenvalue weighted by atomic mass is 9.95. The number of carbonyl (C=O) groups is 1. The predicted molar refractivity (Wildman–Crippen MR) is 169 cm³/mol. The molecule has 0 radical (unpaired) electrons. The van der Waals surface area contributed by atoms with E-state index in [0.717, 1.165) is 42.2 Å². The van der Waals surface area contributed by atoms with E-state index >= 15 is 0 Å². The number of aliphatic hydroxyl groups is 1. The lowest BCUT2D eigenvalue weighted by Gasteiger charge is -2.28. The number of carboxylic acid groups (broad SMARTS) is 1. The maximum Gasteiger partial charge on any atom is 0.333 e. The first kappa shape index (κ1) is 31.3. The van der Waals surface area contributed by atoms with E-state index in [-0.39, 0.29) is 18.0 Å². The van der Waals surface area contributed by atoms with Gasteiger partial charge in [0.1, 0.15) is 28.5 Å². The molecule has 2 aliphatic carbocycles. The number of aromatic nitrogens is 3. The number of carboxylic acids is 1. The molecule has 1 aromatic carbocycles. The van der Waals surface area contributed by atoms with Crippen LogP contribution in [-0.4, -0.2) is 49.1 Å². The van der Waals surface area contributed by atoms with Gasteiger partial charge in [0.05, 0.1) is 41.8 Å². The number of benzene rings is 1. The molecule has 3 atom stereocenters. The molecule has 2 aliphatic rings. The number of methoxy groups -OCH3 is 1. The highest BCUT2D eigenvalue weighted by Gasteiger charge is 2.48. The van der Waals surface area contributed by atoms with Gasteiger partial charge in [-0.2, -0.15) is 0 Å². The Balaban J connectivity index is 1.49. The van der Waals surface area contributed by atoms with Crippen molar-refractivity contribution in [2.24, 2.45) is 11.8 Å². The summed E-state index contributed by atoms with van der Waals surface area (Å²) in [6.07, 6.45) is 5.97. The quantitative estimate of drug-likeness (QED) is 0.242. The fourth-order valence-electron chi connectivity index (χ4n) is 7.30. The minimum Gasteiger partial charge on any atom is -0.496 e. The first-order chi connectivity index (χ1) is 21.4. The third-order valence-electron chi connectivity index (χ3n) is 9.85. The Bertz CT molecular complexity index is 1840. The molecule has 0 bridgehead atoms. The number of rotatable bonds is 10. The van der Waals surface area contributed by atoms with Gasteiger partial charge in [0, 0.05) is 5.56 Å². The van der Waals surface area contributed by atoms with E-state index in [1.807, 2.05) is 31.2 Å². The summed E-state index contributed by atoms with van der Waals surface area (Å²) < 4.78 is 20.4. The summed E-state index contributed by atoms with van der Waals surface area (Å²) in [5, 5.41) is 21.2. The lowest BCUT2D eigenvalue weighted by Crippen LogP contribution is -2.52. The highest BCUT2D eigenvalue weighted by atomic mass is 32.1. The summed E-state index contributed by atoms with van der Waals surface area (Å²) in [7, 11) is 1.58. The predicted octanol–water partition coefficient (Wildman–Crippen LogP) is 5.10. The van der Waals surface area contributed by atoms with Crippen molar-refractivity contribution in [3.8, 4) is 16.5 Å². The Labute approximate surface area is 264 Å². The van der Waals surface area contributed by atoms with Gasteiger partial charge in [-0.3, -0.25) is 9.36 Å². The first-order valence-electron chi connectivity index (χ1n) is 15.3. The van der Waals surface area contributed by atoms with E-state index in [9.17, 15) is 24.6 Å². The Kier molecular flexibility index (Phi) is 8.03. The second-order valence-corrected chi connectivity index (χ2v) is 13.9.